The van der Waals surface area contributed by atoms with Crippen molar-refractivity contribution < 1.29 is 22.6 Å². The van der Waals surface area contributed by atoms with E-state index in [4.69, 9.17) is 9.47 Å². The quantitative estimate of drug-likeness (QED) is 0.472. The lowest BCUT2D eigenvalue weighted by molar-refractivity contribution is -0.138. The van der Waals surface area contributed by atoms with Gasteiger partial charge in [-0.1, -0.05) is 12.1 Å². The van der Waals surface area contributed by atoms with Crippen molar-refractivity contribution in [2.75, 3.05) is 33.4 Å². The van der Waals surface area contributed by atoms with E-state index in [-0.39, 0.29) is 18.5 Å². The van der Waals surface area contributed by atoms with Crippen LogP contribution < -0.4 is 15.4 Å². The molecule has 1 fully saturated rings. The first kappa shape index (κ1) is 18.4. The molecule has 1 unspecified atom stereocenters. The van der Waals surface area contributed by atoms with E-state index in [0.29, 0.717) is 19.0 Å². The summed E-state index contributed by atoms with van der Waals surface area (Å²) >= 11 is 0. The number of halogens is 3. The summed E-state index contributed by atoms with van der Waals surface area (Å²) in [5.41, 5.74) is -0.772. The summed E-state index contributed by atoms with van der Waals surface area (Å²) < 4.78 is 49.3. The van der Waals surface area contributed by atoms with Crippen molar-refractivity contribution in [3.63, 3.8) is 0 Å². The number of ether oxygens (including phenoxy) is 2. The highest BCUT2D eigenvalue weighted by atomic mass is 19.4. The molecule has 1 aromatic carbocycles. The fourth-order valence-corrected chi connectivity index (χ4v) is 2.39. The molecule has 0 aromatic heterocycles. The van der Waals surface area contributed by atoms with Gasteiger partial charge in [-0.3, -0.25) is 4.99 Å². The van der Waals surface area contributed by atoms with E-state index < -0.39 is 11.7 Å². The molecule has 1 aromatic rings. The minimum Gasteiger partial charge on any atom is -0.491 e. The van der Waals surface area contributed by atoms with Crippen LogP contribution in [-0.2, 0) is 10.9 Å². The summed E-state index contributed by atoms with van der Waals surface area (Å²) in [6.45, 7) is 1.85. The van der Waals surface area contributed by atoms with Gasteiger partial charge in [0.15, 0.2) is 5.96 Å². The van der Waals surface area contributed by atoms with Crippen molar-refractivity contribution in [2.24, 2.45) is 4.99 Å². The molecule has 0 radical (unpaired) electrons. The third-order valence-electron chi connectivity index (χ3n) is 3.59. The highest BCUT2D eigenvalue weighted by Crippen LogP contribution is 2.35. The van der Waals surface area contributed by atoms with Gasteiger partial charge in [0.05, 0.1) is 18.2 Å². The molecule has 0 bridgehead atoms. The van der Waals surface area contributed by atoms with Crippen LogP contribution in [0, 0.1) is 0 Å². The van der Waals surface area contributed by atoms with Gasteiger partial charge in [0.2, 0.25) is 0 Å². The number of rotatable bonds is 6. The summed E-state index contributed by atoms with van der Waals surface area (Å²) in [7, 11) is 1.63. The van der Waals surface area contributed by atoms with Crippen LogP contribution in [0.15, 0.2) is 29.3 Å². The molecule has 1 atom stereocenters. The third-order valence-corrected chi connectivity index (χ3v) is 3.59. The number of nitrogens with one attached hydrogen (secondary N) is 2. The molecule has 1 aliphatic rings. The molecule has 1 heterocycles. The second kappa shape index (κ2) is 8.77. The lowest BCUT2D eigenvalue weighted by Gasteiger charge is -2.16. The fourth-order valence-electron chi connectivity index (χ4n) is 2.39. The number of para-hydroxylation sites is 1. The van der Waals surface area contributed by atoms with Crippen LogP contribution in [0.25, 0.3) is 0 Å². The molecular formula is C16H22F3N3O2. The smallest absolute Gasteiger partial charge is 0.419 e. The SMILES string of the molecule is CN=C(NCCOc1ccccc1C(F)(F)F)NCC1CCCO1. The Morgan fingerprint density at radius 3 is 2.79 bits per heavy atom. The average Bonchev–Trinajstić information content (AvgIpc) is 3.07. The summed E-state index contributed by atoms with van der Waals surface area (Å²) in [6.07, 6.45) is -2.17. The predicted molar refractivity (Wildman–Crippen MR) is 85.3 cm³/mol. The molecule has 24 heavy (non-hydrogen) atoms. The standard InChI is InChI=1S/C16H22F3N3O2/c1-20-15(22-11-12-5-4-9-23-12)21-8-10-24-14-7-3-2-6-13(14)16(17,18)19/h2-3,6-7,12H,4-5,8-11H2,1H3,(H2,20,21,22). The first-order chi connectivity index (χ1) is 11.5. The van der Waals surface area contributed by atoms with E-state index in [2.05, 4.69) is 15.6 Å². The number of aliphatic imine (C=N–C) groups is 1. The number of hydrogen-bond donors (Lipinski definition) is 2. The highest BCUT2D eigenvalue weighted by Gasteiger charge is 2.33. The normalized spacial score (nSPS) is 18.5. The molecule has 1 saturated heterocycles. The van der Waals surface area contributed by atoms with Crippen LogP contribution in [0.3, 0.4) is 0 Å². The highest BCUT2D eigenvalue weighted by molar-refractivity contribution is 5.79. The van der Waals surface area contributed by atoms with Crippen molar-refractivity contribution >= 4 is 5.96 Å². The average molecular weight is 345 g/mol. The molecular weight excluding hydrogens is 323 g/mol. The maximum Gasteiger partial charge on any atom is 0.419 e. The Hall–Kier alpha value is -1.96. The Balaban J connectivity index is 1.74. The number of nitrogens with zero attached hydrogens (tertiary/aromatic N) is 1. The summed E-state index contributed by atoms with van der Waals surface area (Å²) in [6, 6.07) is 5.17. The van der Waals surface area contributed by atoms with Gasteiger partial charge in [-0.25, -0.2) is 0 Å². The molecule has 134 valence electrons. The van der Waals surface area contributed by atoms with Gasteiger partial charge in [0.1, 0.15) is 12.4 Å². The van der Waals surface area contributed by atoms with Gasteiger partial charge in [-0.05, 0) is 25.0 Å². The van der Waals surface area contributed by atoms with Crippen LogP contribution in [-0.4, -0.2) is 45.4 Å². The molecule has 0 amide bonds. The van der Waals surface area contributed by atoms with Crippen LogP contribution >= 0.6 is 0 Å². The number of benzene rings is 1. The molecule has 2 N–H and O–H groups in total. The van der Waals surface area contributed by atoms with Crippen molar-refractivity contribution in [1.82, 2.24) is 10.6 Å². The fraction of sp³-hybridized carbons (Fsp3) is 0.562. The number of hydrogen-bond acceptors (Lipinski definition) is 3. The lowest BCUT2D eigenvalue weighted by Crippen LogP contribution is -2.42. The van der Waals surface area contributed by atoms with Crippen molar-refractivity contribution in [2.45, 2.75) is 25.1 Å². The summed E-state index contributed by atoms with van der Waals surface area (Å²) in [5, 5.41) is 6.12. The molecule has 0 aliphatic carbocycles. The molecule has 8 heteroatoms. The van der Waals surface area contributed by atoms with Crippen LogP contribution in [0.4, 0.5) is 13.2 Å². The second-order valence-corrected chi connectivity index (χ2v) is 5.36. The maximum atomic E-state index is 12.9. The van der Waals surface area contributed by atoms with E-state index >= 15 is 0 Å². The molecule has 0 saturated carbocycles. The van der Waals surface area contributed by atoms with E-state index in [0.717, 1.165) is 25.5 Å². The number of guanidine groups is 1. The Bertz CT molecular complexity index is 544. The first-order valence-corrected chi connectivity index (χ1v) is 7.86. The van der Waals surface area contributed by atoms with Crippen LogP contribution in [0.1, 0.15) is 18.4 Å². The monoisotopic (exact) mass is 345 g/mol. The van der Waals surface area contributed by atoms with Gasteiger partial charge in [0.25, 0.3) is 0 Å². The van der Waals surface area contributed by atoms with Crippen LogP contribution in [0.2, 0.25) is 0 Å². The lowest BCUT2D eigenvalue weighted by atomic mass is 10.2. The minimum atomic E-state index is -4.43. The zero-order chi connectivity index (χ0) is 17.4. The van der Waals surface area contributed by atoms with Crippen molar-refractivity contribution in [1.29, 1.82) is 0 Å². The Kier molecular flexibility index (Phi) is 6.72. The molecule has 0 spiro atoms. The zero-order valence-electron chi connectivity index (χ0n) is 13.5. The topological polar surface area (TPSA) is 54.9 Å². The number of alkyl halides is 3. The third kappa shape index (κ3) is 5.59. The van der Waals surface area contributed by atoms with Gasteiger partial charge >= 0.3 is 6.18 Å². The van der Waals surface area contributed by atoms with E-state index in [1.54, 1.807) is 7.05 Å². The maximum absolute atomic E-state index is 12.9. The van der Waals surface area contributed by atoms with Gasteiger partial charge in [-0.2, -0.15) is 13.2 Å². The first-order valence-electron chi connectivity index (χ1n) is 7.86. The summed E-state index contributed by atoms with van der Waals surface area (Å²) in [4.78, 5) is 4.05. The van der Waals surface area contributed by atoms with E-state index in [9.17, 15) is 13.2 Å². The van der Waals surface area contributed by atoms with Crippen molar-refractivity contribution in [3.8, 4) is 5.75 Å². The van der Waals surface area contributed by atoms with Gasteiger partial charge < -0.3 is 20.1 Å². The molecule has 5 nitrogen and oxygen atoms in total. The molecule has 2 rings (SSSR count). The van der Waals surface area contributed by atoms with E-state index in [1.807, 2.05) is 0 Å². The van der Waals surface area contributed by atoms with Crippen LogP contribution in [0.5, 0.6) is 5.75 Å². The Labute approximate surface area is 139 Å². The Morgan fingerprint density at radius 2 is 2.12 bits per heavy atom. The summed E-state index contributed by atoms with van der Waals surface area (Å²) in [5.74, 6) is 0.396. The van der Waals surface area contributed by atoms with Crippen molar-refractivity contribution in [3.05, 3.63) is 29.8 Å². The second-order valence-electron chi connectivity index (χ2n) is 5.36. The Morgan fingerprint density at radius 1 is 1.33 bits per heavy atom. The minimum absolute atomic E-state index is 0.0910. The van der Waals surface area contributed by atoms with Gasteiger partial charge in [0, 0.05) is 20.2 Å². The molecule has 1 aliphatic heterocycles. The van der Waals surface area contributed by atoms with E-state index in [1.165, 1.54) is 18.2 Å². The zero-order valence-corrected chi connectivity index (χ0v) is 13.5. The van der Waals surface area contributed by atoms with Gasteiger partial charge in [-0.15, -0.1) is 0 Å². The largest absolute Gasteiger partial charge is 0.491 e. The predicted octanol–water partition coefficient (Wildman–Crippen LogP) is 2.43.